The van der Waals surface area contributed by atoms with Crippen molar-refractivity contribution in [3.8, 4) is 17.4 Å². The molecule has 2 aromatic rings. The smallest absolute Gasteiger partial charge is 0.222 e. The molecule has 4 heteroatoms. The van der Waals surface area contributed by atoms with Crippen LogP contribution in [-0.2, 0) is 0 Å². The van der Waals surface area contributed by atoms with Crippen LogP contribution in [0.2, 0.25) is 0 Å². The van der Waals surface area contributed by atoms with Crippen LogP contribution in [-0.4, -0.2) is 17.1 Å². The fourth-order valence-electron chi connectivity index (χ4n) is 1.52. The van der Waals surface area contributed by atoms with Crippen LogP contribution >= 0.6 is 0 Å². The summed E-state index contributed by atoms with van der Waals surface area (Å²) in [5.74, 6) is 2.69. The van der Waals surface area contributed by atoms with E-state index in [1.54, 1.807) is 13.2 Å². The first kappa shape index (κ1) is 11.4. The van der Waals surface area contributed by atoms with Gasteiger partial charge in [-0.25, -0.2) is 4.98 Å². The van der Waals surface area contributed by atoms with Gasteiger partial charge in [-0.2, -0.15) is 4.98 Å². The molecule has 0 amide bonds. The van der Waals surface area contributed by atoms with Crippen LogP contribution in [0.15, 0.2) is 30.3 Å². The van der Waals surface area contributed by atoms with E-state index in [4.69, 9.17) is 9.47 Å². The van der Waals surface area contributed by atoms with Crippen LogP contribution in [0.25, 0.3) is 0 Å². The second-order valence-electron chi connectivity index (χ2n) is 3.68. The lowest BCUT2D eigenvalue weighted by atomic mass is 10.3. The van der Waals surface area contributed by atoms with Crippen molar-refractivity contribution in [3.63, 3.8) is 0 Å². The van der Waals surface area contributed by atoms with Gasteiger partial charge in [-0.1, -0.05) is 6.07 Å². The van der Waals surface area contributed by atoms with Gasteiger partial charge in [0.05, 0.1) is 7.11 Å². The molecule has 0 unspecified atom stereocenters. The van der Waals surface area contributed by atoms with Gasteiger partial charge in [-0.15, -0.1) is 0 Å². The van der Waals surface area contributed by atoms with E-state index in [1.807, 2.05) is 38.1 Å². The Labute approximate surface area is 100 Å². The van der Waals surface area contributed by atoms with E-state index in [1.165, 1.54) is 0 Å². The molecule has 88 valence electrons. The normalized spacial score (nSPS) is 10.1. The molecule has 1 aromatic heterocycles. The lowest BCUT2D eigenvalue weighted by Crippen LogP contribution is -1.95. The minimum atomic E-state index is 0.545. The Hall–Kier alpha value is -2.10. The number of rotatable bonds is 3. The number of methoxy groups -OCH3 is 1. The van der Waals surface area contributed by atoms with Gasteiger partial charge < -0.3 is 9.47 Å². The molecule has 0 saturated carbocycles. The van der Waals surface area contributed by atoms with Gasteiger partial charge in [-0.05, 0) is 26.0 Å². The van der Waals surface area contributed by atoms with Gasteiger partial charge in [0.2, 0.25) is 5.88 Å². The Bertz CT molecular complexity index is 506. The highest BCUT2D eigenvalue weighted by molar-refractivity contribution is 5.35. The Morgan fingerprint density at radius 3 is 2.47 bits per heavy atom. The molecule has 0 aliphatic carbocycles. The summed E-state index contributed by atoms with van der Waals surface area (Å²) in [6.07, 6.45) is 0. The molecular formula is C13H14N2O2. The summed E-state index contributed by atoms with van der Waals surface area (Å²) in [5.41, 5.74) is 0.885. The van der Waals surface area contributed by atoms with E-state index in [0.717, 1.165) is 11.4 Å². The summed E-state index contributed by atoms with van der Waals surface area (Å²) in [6, 6.07) is 9.20. The van der Waals surface area contributed by atoms with Gasteiger partial charge in [0.1, 0.15) is 17.3 Å². The molecule has 17 heavy (non-hydrogen) atoms. The molecule has 4 nitrogen and oxygen atoms in total. The summed E-state index contributed by atoms with van der Waals surface area (Å²) in [5, 5.41) is 0. The fraction of sp³-hybridized carbons (Fsp3) is 0.231. The Kier molecular flexibility index (Phi) is 3.23. The van der Waals surface area contributed by atoms with E-state index in [9.17, 15) is 0 Å². The summed E-state index contributed by atoms with van der Waals surface area (Å²) >= 11 is 0. The van der Waals surface area contributed by atoms with Crippen LogP contribution in [0.3, 0.4) is 0 Å². The molecular weight excluding hydrogens is 216 g/mol. The molecule has 0 aliphatic heterocycles. The Morgan fingerprint density at radius 2 is 1.76 bits per heavy atom. The Morgan fingerprint density at radius 1 is 1.00 bits per heavy atom. The van der Waals surface area contributed by atoms with E-state index in [2.05, 4.69) is 9.97 Å². The zero-order valence-electron chi connectivity index (χ0n) is 10.1. The van der Waals surface area contributed by atoms with Crippen molar-refractivity contribution in [1.82, 2.24) is 9.97 Å². The first-order valence-corrected chi connectivity index (χ1v) is 5.31. The second-order valence-corrected chi connectivity index (χ2v) is 3.68. The van der Waals surface area contributed by atoms with Crippen LogP contribution in [0, 0.1) is 13.8 Å². The van der Waals surface area contributed by atoms with Crippen molar-refractivity contribution in [1.29, 1.82) is 0 Å². The summed E-state index contributed by atoms with van der Waals surface area (Å²) < 4.78 is 10.8. The third kappa shape index (κ3) is 2.93. The maximum Gasteiger partial charge on any atom is 0.222 e. The highest BCUT2D eigenvalue weighted by atomic mass is 16.5. The second kappa shape index (κ2) is 4.82. The van der Waals surface area contributed by atoms with Gasteiger partial charge in [-0.3, -0.25) is 0 Å². The number of ether oxygens (including phenoxy) is 2. The fourth-order valence-corrected chi connectivity index (χ4v) is 1.52. The highest BCUT2D eigenvalue weighted by Gasteiger charge is 2.02. The third-order valence-electron chi connectivity index (χ3n) is 2.21. The van der Waals surface area contributed by atoms with Crippen molar-refractivity contribution in [2.45, 2.75) is 13.8 Å². The predicted molar refractivity (Wildman–Crippen MR) is 64.6 cm³/mol. The predicted octanol–water partition coefficient (Wildman–Crippen LogP) is 2.89. The average molecular weight is 230 g/mol. The molecule has 2 rings (SSSR count). The topological polar surface area (TPSA) is 44.2 Å². The molecule has 1 heterocycles. The van der Waals surface area contributed by atoms with Gasteiger partial charge >= 0.3 is 0 Å². The maximum atomic E-state index is 5.65. The molecule has 0 aliphatic rings. The van der Waals surface area contributed by atoms with E-state index in [0.29, 0.717) is 17.5 Å². The molecule has 0 spiro atoms. The zero-order valence-corrected chi connectivity index (χ0v) is 10.1. The van der Waals surface area contributed by atoms with Gasteiger partial charge in [0.15, 0.2) is 0 Å². The van der Waals surface area contributed by atoms with Crippen molar-refractivity contribution in [3.05, 3.63) is 41.9 Å². The number of aromatic nitrogens is 2. The molecule has 0 saturated heterocycles. The highest BCUT2D eigenvalue weighted by Crippen LogP contribution is 2.24. The maximum absolute atomic E-state index is 5.65. The van der Waals surface area contributed by atoms with Gasteiger partial charge in [0, 0.05) is 17.8 Å². The van der Waals surface area contributed by atoms with E-state index in [-0.39, 0.29) is 0 Å². The first-order valence-electron chi connectivity index (χ1n) is 5.31. The minimum Gasteiger partial charge on any atom is -0.497 e. The summed E-state index contributed by atoms with van der Waals surface area (Å²) in [4.78, 5) is 8.40. The number of hydrogen-bond donors (Lipinski definition) is 0. The Balaban J connectivity index is 2.24. The van der Waals surface area contributed by atoms with E-state index >= 15 is 0 Å². The molecule has 0 radical (unpaired) electrons. The van der Waals surface area contributed by atoms with Crippen molar-refractivity contribution >= 4 is 0 Å². The molecule has 0 fully saturated rings. The van der Waals surface area contributed by atoms with Crippen molar-refractivity contribution in [2.75, 3.05) is 7.11 Å². The number of hydrogen-bond acceptors (Lipinski definition) is 4. The zero-order chi connectivity index (χ0) is 12.3. The van der Waals surface area contributed by atoms with Crippen molar-refractivity contribution in [2.24, 2.45) is 0 Å². The molecule has 0 bridgehead atoms. The van der Waals surface area contributed by atoms with Crippen LogP contribution in [0.5, 0.6) is 17.4 Å². The number of benzene rings is 1. The largest absolute Gasteiger partial charge is 0.497 e. The monoisotopic (exact) mass is 230 g/mol. The minimum absolute atomic E-state index is 0.545. The molecule has 0 N–H and O–H groups in total. The first-order chi connectivity index (χ1) is 8.17. The summed E-state index contributed by atoms with van der Waals surface area (Å²) in [6.45, 7) is 3.75. The quantitative estimate of drug-likeness (QED) is 0.813. The van der Waals surface area contributed by atoms with E-state index < -0.39 is 0 Å². The molecule has 0 atom stereocenters. The number of nitrogens with zero attached hydrogens (tertiary/aromatic N) is 2. The SMILES string of the molecule is COc1cccc(Oc2cc(C)nc(C)n2)c1. The lowest BCUT2D eigenvalue weighted by Gasteiger charge is -2.07. The summed E-state index contributed by atoms with van der Waals surface area (Å²) in [7, 11) is 1.62. The van der Waals surface area contributed by atoms with Crippen molar-refractivity contribution < 1.29 is 9.47 Å². The standard InChI is InChI=1S/C13H14N2O2/c1-9-7-13(15-10(2)14-9)17-12-6-4-5-11(8-12)16-3/h4-8H,1-3H3. The van der Waals surface area contributed by atoms with Gasteiger partial charge in [0.25, 0.3) is 0 Å². The van der Waals surface area contributed by atoms with Crippen LogP contribution < -0.4 is 9.47 Å². The number of aryl methyl sites for hydroxylation is 2. The lowest BCUT2D eigenvalue weighted by molar-refractivity contribution is 0.407. The third-order valence-corrected chi connectivity index (χ3v) is 2.21. The molecule has 1 aromatic carbocycles. The average Bonchev–Trinajstić information content (AvgIpc) is 2.28. The van der Waals surface area contributed by atoms with Crippen LogP contribution in [0.1, 0.15) is 11.5 Å². The van der Waals surface area contributed by atoms with Crippen LogP contribution in [0.4, 0.5) is 0 Å².